The molecule has 0 spiro atoms. The van der Waals surface area contributed by atoms with Crippen molar-refractivity contribution >= 4 is 43.6 Å². The summed E-state index contributed by atoms with van der Waals surface area (Å²) in [4.78, 5) is 9.46. The molecule has 4 aromatic heterocycles. The first-order chi connectivity index (χ1) is 33.2. The minimum Gasteiger partial charge on any atom is -0.309 e. The highest BCUT2D eigenvalue weighted by molar-refractivity contribution is 6.13. The Bertz CT molecular complexity index is 3870. The van der Waals surface area contributed by atoms with Gasteiger partial charge in [0.25, 0.3) is 0 Å². The van der Waals surface area contributed by atoms with Crippen molar-refractivity contribution in [1.82, 2.24) is 19.1 Å². The Morgan fingerprint density at radius 1 is 0.353 bits per heavy atom. The maximum absolute atomic E-state index is 16.6. The largest absolute Gasteiger partial charge is 0.420 e. The average Bonchev–Trinajstić information content (AvgIpc) is 3.88. The third-order valence-corrected chi connectivity index (χ3v) is 12.8. The topological polar surface area (TPSA) is 35.6 Å². The lowest BCUT2D eigenvalue weighted by molar-refractivity contribution is -0.137. The van der Waals surface area contributed by atoms with Crippen LogP contribution >= 0.6 is 0 Å². The van der Waals surface area contributed by atoms with E-state index in [1.807, 2.05) is 152 Å². The Kier molecular flexibility index (Phi) is 9.62. The van der Waals surface area contributed by atoms with Crippen LogP contribution in [0.5, 0.6) is 0 Å². The number of alkyl halides is 3. The van der Waals surface area contributed by atoms with Gasteiger partial charge in [0.15, 0.2) is 0 Å². The van der Waals surface area contributed by atoms with E-state index >= 15 is 22.0 Å². The zero-order valence-corrected chi connectivity index (χ0v) is 35.9. The quantitative estimate of drug-likeness (QED) is 0.149. The molecule has 0 atom stereocenters. The summed E-state index contributed by atoms with van der Waals surface area (Å²) in [5.41, 5.74) is 7.56. The Morgan fingerprint density at radius 2 is 0.809 bits per heavy atom. The molecular formula is C59H35F5N4. The van der Waals surface area contributed by atoms with Gasteiger partial charge in [-0.1, -0.05) is 127 Å². The van der Waals surface area contributed by atoms with Crippen LogP contribution in [0.3, 0.4) is 0 Å². The molecule has 0 saturated carbocycles. The fraction of sp³-hybridized carbons (Fsp3) is 0.0169. The van der Waals surface area contributed by atoms with Crippen molar-refractivity contribution in [3.05, 3.63) is 230 Å². The number of hydrogen-bond acceptors (Lipinski definition) is 2. The van der Waals surface area contributed by atoms with E-state index < -0.39 is 23.4 Å². The number of fused-ring (bicyclic) bond motifs is 6. The van der Waals surface area contributed by atoms with E-state index in [9.17, 15) is 0 Å². The third-order valence-electron chi connectivity index (χ3n) is 12.8. The van der Waals surface area contributed by atoms with Crippen LogP contribution in [0.4, 0.5) is 22.0 Å². The molecule has 0 aliphatic heterocycles. The summed E-state index contributed by atoms with van der Waals surface area (Å²) in [6.07, 6.45) is -1.39. The second-order valence-electron chi connectivity index (χ2n) is 16.8. The summed E-state index contributed by atoms with van der Waals surface area (Å²) in [7, 11) is 0. The Labute approximate surface area is 386 Å². The smallest absolute Gasteiger partial charge is 0.309 e. The number of pyridine rings is 2. The lowest BCUT2D eigenvalue weighted by Gasteiger charge is -2.24. The molecule has 0 N–H and O–H groups in total. The van der Waals surface area contributed by atoms with Crippen molar-refractivity contribution in [3.63, 3.8) is 0 Å². The molecule has 9 heteroatoms. The molecule has 326 valence electrons. The normalized spacial score (nSPS) is 11.9. The van der Waals surface area contributed by atoms with Gasteiger partial charge in [-0.3, -0.25) is 9.97 Å². The number of halogens is 5. The minimum absolute atomic E-state index is 0.00130. The van der Waals surface area contributed by atoms with Crippen molar-refractivity contribution in [1.29, 1.82) is 0 Å². The average molecular weight is 895 g/mol. The molecule has 0 radical (unpaired) electrons. The summed E-state index contributed by atoms with van der Waals surface area (Å²) in [5.74, 6) is -1.82. The van der Waals surface area contributed by atoms with E-state index in [4.69, 9.17) is 9.97 Å². The van der Waals surface area contributed by atoms with E-state index in [1.54, 1.807) is 39.7 Å². The summed E-state index contributed by atoms with van der Waals surface area (Å²) in [5, 5.41) is 2.88. The van der Waals surface area contributed by atoms with Gasteiger partial charge in [-0.15, -0.1) is 0 Å². The summed E-state index contributed by atoms with van der Waals surface area (Å²) < 4.78 is 83.5. The highest BCUT2D eigenvalue weighted by Gasteiger charge is 2.40. The first kappa shape index (κ1) is 40.8. The fourth-order valence-corrected chi connectivity index (χ4v) is 9.71. The zero-order chi connectivity index (χ0) is 46.1. The molecule has 0 unspecified atom stereocenters. The third kappa shape index (κ3) is 6.90. The van der Waals surface area contributed by atoms with E-state index in [0.29, 0.717) is 38.9 Å². The summed E-state index contributed by atoms with van der Waals surface area (Å²) >= 11 is 0. The predicted molar refractivity (Wildman–Crippen MR) is 263 cm³/mol. The van der Waals surface area contributed by atoms with E-state index in [0.717, 1.165) is 67.7 Å². The molecule has 0 aliphatic carbocycles. The van der Waals surface area contributed by atoms with E-state index in [2.05, 4.69) is 0 Å². The molecule has 0 saturated heterocycles. The van der Waals surface area contributed by atoms with Gasteiger partial charge < -0.3 is 9.13 Å². The van der Waals surface area contributed by atoms with Crippen molar-refractivity contribution in [2.24, 2.45) is 0 Å². The van der Waals surface area contributed by atoms with Crippen LogP contribution in [-0.2, 0) is 6.18 Å². The Balaban J connectivity index is 1.10. The van der Waals surface area contributed by atoms with Crippen molar-refractivity contribution in [3.8, 4) is 67.3 Å². The molecule has 0 bridgehead atoms. The molecule has 8 aromatic carbocycles. The van der Waals surface area contributed by atoms with Crippen LogP contribution in [0.25, 0.3) is 111 Å². The number of nitrogens with zero attached hydrogens (tertiary/aromatic N) is 4. The second-order valence-corrected chi connectivity index (χ2v) is 16.8. The van der Waals surface area contributed by atoms with Crippen molar-refractivity contribution in [2.75, 3.05) is 0 Å². The first-order valence-corrected chi connectivity index (χ1v) is 22.0. The lowest BCUT2D eigenvalue weighted by atomic mass is 9.96. The molecule has 0 amide bonds. The van der Waals surface area contributed by atoms with Gasteiger partial charge in [-0.2, -0.15) is 13.2 Å². The van der Waals surface area contributed by atoms with Crippen LogP contribution in [0.15, 0.2) is 213 Å². The number of hydrogen-bond donors (Lipinski definition) is 0. The Morgan fingerprint density at radius 3 is 1.31 bits per heavy atom. The summed E-state index contributed by atoms with van der Waals surface area (Å²) in [6.45, 7) is 0. The summed E-state index contributed by atoms with van der Waals surface area (Å²) in [6, 6.07) is 59.4. The zero-order valence-electron chi connectivity index (χ0n) is 35.9. The van der Waals surface area contributed by atoms with Crippen molar-refractivity contribution in [2.45, 2.75) is 6.18 Å². The fourth-order valence-electron chi connectivity index (χ4n) is 9.71. The van der Waals surface area contributed by atoms with Crippen LogP contribution in [0.2, 0.25) is 0 Å². The van der Waals surface area contributed by atoms with E-state index in [1.165, 1.54) is 12.1 Å². The van der Waals surface area contributed by atoms with Crippen LogP contribution in [0.1, 0.15) is 5.56 Å². The first-order valence-electron chi connectivity index (χ1n) is 22.0. The molecule has 0 aliphatic rings. The number of aromatic nitrogens is 4. The van der Waals surface area contributed by atoms with Gasteiger partial charge in [0.1, 0.15) is 17.2 Å². The molecule has 0 fully saturated rings. The van der Waals surface area contributed by atoms with Crippen LogP contribution in [0, 0.1) is 11.6 Å². The van der Waals surface area contributed by atoms with Crippen LogP contribution < -0.4 is 0 Å². The second kappa shape index (κ2) is 16.0. The highest BCUT2D eigenvalue weighted by atomic mass is 19.4. The Hall–Kier alpha value is -8.69. The van der Waals surface area contributed by atoms with Gasteiger partial charge in [-0.05, 0) is 83.4 Å². The molecule has 4 heterocycles. The number of para-hydroxylation sites is 2. The minimum atomic E-state index is -4.99. The predicted octanol–water partition coefficient (Wildman–Crippen LogP) is 16.3. The van der Waals surface area contributed by atoms with Crippen LogP contribution in [-0.4, -0.2) is 19.1 Å². The van der Waals surface area contributed by atoms with Gasteiger partial charge in [0, 0.05) is 67.8 Å². The van der Waals surface area contributed by atoms with Gasteiger partial charge in [0.05, 0.1) is 44.8 Å². The number of benzene rings is 8. The molecule has 68 heavy (non-hydrogen) atoms. The maximum atomic E-state index is 16.6. The molecule has 12 rings (SSSR count). The highest BCUT2D eigenvalue weighted by Crippen LogP contribution is 2.48. The lowest BCUT2D eigenvalue weighted by Crippen LogP contribution is -2.17. The molecule has 12 aromatic rings. The van der Waals surface area contributed by atoms with E-state index in [-0.39, 0.29) is 22.5 Å². The van der Waals surface area contributed by atoms with Gasteiger partial charge >= 0.3 is 6.18 Å². The standard InChI is InChI=1S/C59H35F5N4/c60-43-29-42(30-44(61)33-43)45-23-28-56(67-52-17-9-7-15-46(52)48-31-38(21-26-54(48)67)40-19-24-50(65-34-40)36-11-3-1-4-12-36)57(59(62,63)64)58(45)68-53-18-10-8-16-47(53)49-32-39(22-27-55(49)68)41-20-25-51(66-35-41)37-13-5-2-6-14-37/h1-35H. The molecule has 4 nitrogen and oxygen atoms in total. The van der Waals surface area contributed by atoms with Gasteiger partial charge in [-0.25, -0.2) is 8.78 Å². The van der Waals surface area contributed by atoms with Gasteiger partial charge in [0.2, 0.25) is 0 Å². The SMILES string of the molecule is Fc1cc(F)cc(-c2ccc(-n3c4ccccc4c4cc(-c5ccc(-c6ccccc6)nc5)ccc43)c(C(F)(F)F)c2-n2c3ccccc3c3cc(-c4ccc(-c5ccccc5)nc4)ccc32)c1. The number of rotatable bonds is 7. The molecular weight excluding hydrogens is 860 g/mol. The monoisotopic (exact) mass is 894 g/mol. The maximum Gasteiger partial charge on any atom is 0.420 e. The van der Waals surface area contributed by atoms with Crippen molar-refractivity contribution < 1.29 is 22.0 Å².